The summed E-state index contributed by atoms with van der Waals surface area (Å²) in [6.45, 7) is 14.0. The maximum atomic E-state index is 11.8. The van der Waals surface area contributed by atoms with E-state index in [0.29, 0.717) is 34.3 Å². The van der Waals surface area contributed by atoms with E-state index >= 15 is 0 Å². The third-order valence-corrected chi connectivity index (χ3v) is 6.02. The number of benzene rings is 1. The Bertz CT molecular complexity index is 1130. The highest BCUT2D eigenvalue weighted by Crippen LogP contribution is 2.31. The first-order valence-corrected chi connectivity index (χ1v) is 14.1. The third-order valence-electron chi connectivity index (χ3n) is 4.92. The smallest absolute Gasteiger partial charge is 0.322 e. The molecule has 1 saturated carbocycles. The van der Waals surface area contributed by atoms with Gasteiger partial charge in [0.15, 0.2) is 12.3 Å². The van der Waals surface area contributed by atoms with E-state index in [2.05, 4.69) is 39.1 Å². The molecule has 10 heteroatoms. The molecule has 0 spiro atoms. The number of rotatable bonds is 9. The molecule has 1 unspecified atom stereocenters. The summed E-state index contributed by atoms with van der Waals surface area (Å²) in [5.74, 6) is 5.49. The average Bonchev–Trinajstić information content (AvgIpc) is 3.76. The fourth-order valence-corrected chi connectivity index (χ4v) is 3.50. The van der Waals surface area contributed by atoms with Crippen molar-refractivity contribution < 1.29 is 23.9 Å². The lowest BCUT2D eigenvalue weighted by molar-refractivity contribution is -0.119. The predicted molar refractivity (Wildman–Crippen MR) is 163 cm³/mol. The summed E-state index contributed by atoms with van der Waals surface area (Å²) < 4.78 is 7.80. The molecule has 1 aliphatic carbocycles. The van der Waals surface area contributed by atoms with Gasteiger partial charge in [-0.3, -0.25) is 24.4 Å². The third kappa shape index (κ3) is 13.8. The topological polar surface area (TPSA) is 126 Å². The molecule has 2 fully saturated rings. The van der Waals surface area contributed by atoms with Gasteiger partial charge >= 0.3 is 6.03 Å². The SMILES string of the molecule is C=C/C(C#CC1NC(=O)NC1=O)=C\C=C(/C)C(=O)NSC1CC1.CC.CC.CNCc1ccc(OC)cc1C=O. The van der Waals surface area contributed by atoms with Crippen molar-refractivity contribution >= 4 is 36.1 Å². The van der Waals surface area contributed by atoms with Gasteiger partial charge in [0.25, 0.3) is 11.8 Å². The molecule has 1 aromatic rings. The minimum atomic E-state index is -0.867. The number of carbonyl (C=O) groups excluding carboxylic acids is 4. The van der Waals surface area contributed by atoms with E-state index in [1.807, 2.05) is 46.9 Å². The second kappa shape index (κ2) is 21.1. The Morgan fingerprint density at radius 2 is 1.88 bits per heavy atom. The Balaban J connectivity index is 0.000000759. The van der Waals surface area contributed by atoms with Crippen LogP contribution in [0, 0.1) is 11.8 Å². The number of hydrogen-bond acceptors (Lipinski definition) is 7. The van der Waals surface area contributed by atoms with E-state index in [0.717, 1.165) is 24.7 Å². The Morgan fingerprint density at radius 3 is 2.38 bits per heavy atom. The number of allylic oxidation sites excluding steroid dienone is 4. The van der Waals surface area contributed by atoms with Crippen LogP contribution in [0.5, 0.6) is 5.75 Å². The molecule has 4 N–H and O–H groups in total. The second-order valence-corrected chi connectivity index (χ2v) is 8.91. The Kier molecular flexibility index (Phi) is 19.1. The molecule has 0 aromatic heterocycles. The van der Waals surface area contributed by atoms with E-state index in [-0.39, 0.29) is 5.91 Å². The highest BCUT2D eigenvalue weighted by molar-refractivity contribution is 7.98. The maximum Gasteiger partial charge on any atom is 0.322 e. The summed E-state index contributed by atoms with van der Waals surface area (Å²) in [6.07, 6.45) is 7.94. The van der Waals surface area contributed by atoms with Gasteiger partial charge < -0.3 is 15.4 Å². The van der Waals surface area contributed by atoms with Crippen LogP contribution < -0.4 is 25.4 Å². The van der Waals surface area contributed by atoms with Crippen molar-refractivity contribution in [1.82, 2.24) is 20.7 Å². The number of amides is 4. The molecule has 1 aromatic carbocycles. The molecular weight excluding hydrogens is 528 g/mol. The lowest BCUT2D eigenvalue weighted by Gasteiger charge is -2.05. The zero-order valence-electron chi connectivity index (χ0n) is 24.5. The minimum Gasteiger partial charge on any atom is -0.497 e. The van der Waals surface area contributed by atoms with E-state index < -0.39 is 18.0 Å². The van der Waals surface area contributed by atoms with Crippen LogP contribution in [0.3, 0.4) is 0 Å². The van der Waals surface area contributed by atoms with E-state index in [1.54, 1.807) is 32.3 Å². The van der Waals surface area contributed by atoms with Gasteiger partial charge in [-0.1, -0.05) is 64.3 Å². The second-order valence-electron chi connectivity index (χ2n) is 7.80. The molecule has 1 saturated heterocycles. The van der Waals surface area contributed by atoms with E-state index in [4.69, 9.17) is 4.74 Å². The van der Waals surface area contributed by atoms with Crippen molar-refractivity contribution in [3.63, 3.8) is 0 Å². The highest BCUT2D eigenvalue weighted by Gasteiger charge is 2.27. The Morgan fingerprint density at radius 1 is 1.20 bits per heavy atom. The maximum absolute atomic E-state index is 11.8. The summed E-state index contributed by atoms with van der Waals surface area (Å²) >= 11 is 1.45. The van der Waals surface area contributed by atoms with Gasteiger partial charge in [-0.2, -0.15) is 0 Å². The first-order valence-electron chi connectivity index (χ1n) is 13.2. The molecule has 218 valence electrons. The molecule has 1 aliphatic heterocycles. The molecule has 0 radical (unpaired) electrons. The average molecular weight is 571 g/mol. The first-order chi connectivity index (χ1) is 19.3. The van der Waals surface area contributed by atoms with Crippen molar-refractivity contribution in [2.45, 2.75) is 65.3 Å². The summed E-state index contributed by atoms with van der Waals surface area (Å²) in [6, 6.07) is 4.05. The number of methoxy groups -OCH3 is 1. The number of imide groups is 1. The van der Waals surface area contributed by atoms with E-state index in [9.17, 15) is 19.2 Å². The molecule has 0 bridgehead atoms. The molecule has 1 heterocycles. The molecule has 2 aliphatic rings. The molecule has 4 amide bonds. The fraction of sp³-hybridized carbons (Fsp3) is 0.400. The van der Waals surface area contributed by atoms with Crippen LogP contribution >= 0.6 is 11.9 Å². The van der Waals surface area contributed by atoms with Crippen LogP contribution in [-0.2, 0) is 16.1 Å². The van der Waals surface area contributed by atoms with Crippen LogP contribution in [0.2, 0.25) is 0 Å². The number of carbonyl (C=O) groups is 4. The van der Waals surface area contributed by atoms with Crippen molar-refractivity contribution in [2.24, 2.45) is 0 Å². The number of ether oxygens (including phenoxy) is 1. The van der Waals surface area contributed by atoms with Crippen LogP contribution in [0.15, 0.2) is 54.2 Å². The zero-order valence-corrected chi connectivity index (χ0v) is 25.3. The molecule has 1 atom stereocenters. The summed E-state index contributed by atoms with van der Waals surface area (Å²) in [7, 11) is 3.43. The standard InChI is InChI=1S/C16H17N3O3S.C10H13NO2.2C2H6/c1-3-11(6-9-13-15(21)18-16(22)17-13)5-4-10(2)14(20)19-23-12-7-8-12;1-11-6-8-3-4-10(13-2)5-9(8)7-12;2*1-2/h3-5,12-13H,1,7-8H2,2H3,(H,19,20)(H2,17,18,21,22);3-5,7,11H,6H2,1-2H3;2*1-2H3/b10-4+,11-5+;;;. The van der Waals surface area contributed by atoms with Crippen molar-refractivity contribution in [3.8, 4) is 17.6 Å². The summed E-state index contributed by atoms with van der Waals surface area (Å²) in [5.41, 5.74) is 2.75. The zero-order chi connectivity index (χ0) is 30.5. The molecule has 3 rings (SSSR count). The van der Waals surface area contributed by atoms with E-state index in [1.165, 1.54) is 18.0 Å². The highest BCUT2D eigenvalue weighted by atomic mass is 32.2. The number of urea groups is 1. The Hall–Kier alpha value is -3.81. The van der Waals surface area contributed by atoms with Gasteiger partial charge in [0.2, 0.25) is 0 Å². The fourth-order valence-electron chi connectivity index (χ4n) is 2.69. The van der Waals surface area contributed by atoms with Gasteiger partial charge in [0.05, 0.1) is 7.11 Å². The van der Waals surface area contributed by atoms with Gasteiger partial charge in [0, 0.05) is 28.5 Å². The molecular formula is C30H42N4O5S. The normalized spacial score (nSPS) is 15.5. The number of aldehydes is 1. The van der Waals surface area contributed by atoms with Crippen molar-refractivity contribution in [2.75, 3.05) is 14.2 Å². The van der Waals surface area contributed by atoms with Crippen LogP contribution in [0.25, 0.3) is 0 Å². The lowest BCUT2D eigenvalue weighted by atomic mass is 10.1. The van der Waals surface area contributed by atoms with Crippen LogP contribution in [-0.4, -0.2) is 49.6 Å². The van der Waals surface area contributed by atoms with Crippen molar-refractivity contribution in [3.05, 3.63) is 65.3 Å². The van der Waals surface area contributed by atoms with Gasteiger partial charge in [-0.05, 0) is 62.5 Å². The monoisotopic (exact) mass is 570 g/mol. The van der Waals surface area contributed by atoms with Crippen LogP contribution in [0.1, 0.15) is 63.4 Å². The minimum absolute atomic E-state index is 0.142. The summed E-state index contributed by atoms with van der Waals surface area (Å²) in [5, 5.41) is 8.02. The van der Waals surface area contributed by atoms with Crippen molar-refractivity contribution in [1.29, 1.82) is 0 Å². The van der Waals surface area contributed by atoms with Gasteiger partial charge in [0.1, 0.15) is 5.75 Å². The predicted octanol–water partition coefficient (Wildman–Crippen LogP) is 4.46. The Labute approximate surface area is 242 Å². The van der Waals surface area contributed by atoms with Gasteiger partial charge in [-0.25, -0.2) is 4.79 Å². The largest absolute Gasteiger partial charge is 0.497 e. The first kappa shape index (κ1) is 36.2. The summed E-state index contributed by atoms with van der Waals surface area (Å²) in [4.78, 5) is 44.9. The molecule has 9 nitrogen and oxygen atoms in total. The quantitative estimate of drug-likeness (QED) is 0.0862. The van der Waals surface area contributed by atoms with Crippen LogP contribution in [0.4, 0.5) is 4.79 Å². The van der Waals surface area contributed by atoms with Gasteiger partial charge in [-0.15, -0.1) is 0 Å². The number of nitrogens with one attached hydrogen (secondary N) is 4. The lowest BCUT2D eigenvalue weighted by Crippen LogP contribution is -2.26. The number of hydrogen-bond donors (Lipinski definition) is 4. The molecule has 40 heavy (non-hydrogen) atoms.